The van der Waals surface area contributed by atoms with E-state index in [0.717, 1.165) is 0 Å². The number of carbonyl (C=O) groups excluding carboxylic acids is 3. The first kappa shape index (κ1) is 10.8. The SMILES string of the molecule is O=C1CC(C(=O)c2cccc(Cl)c2)C(=O)N1. The van der Waals surface area contributed by atoms with E-state index in [1.54, 1.807) is 18.2 Å². The molecule has 0 aromatic heterocycles. The van der Waals surface area contributed by atoms with Crippen molar-refractivity contribution in [2.24, 2.45) is 5.92 Å². The Hall–Kier alpha value is -1.68. The van der Waals surface area contributed by atoms with Gasteiger partial charge in [-0.15, -0.1) is 0 Å². The number of hydrogen-bond donors (Lipinski definition) is 1. The van der Waals surface area contributed by atoms with Crippen molar-refractivity contribution in [1.82, 2.24) is 5.32 Å². The predicted octanol–water partition coefficient (Wildman–Crippen LogP) is 1.19. The molecule has 1 aliphatic rings. The first-order valence-corrected chi connectivity index (χ1v) is 5.09. The summed E-state index contributed by atoms with van der Waals surface area (Å²) < 4.78 is 0. The summed E-state index contributed by atoms with van der Waals surface area (Å²) in [5, 5.41) is 2.53. The number of Topliss-reactive ketones (excluding diaryl/α,β-unsaturated/α-hetero) is 1. The van der Waals surface area contributed by atoms with Gasteiger partial charge >= 0.3 is 0 Å². The normalized spacial score (nSPS) is 19.7. The fourth-order valence-corrected chi connectivity index (χ4v) is 1.80. The number of imide groups is 1. The lowest BCUT2D eigenvalue weighted by Crippen LogP contribution is -2.26. The molecule has 0 bridgehead atoms. The summed E-state index contributed by atoms with van der Waals surface area (Å²) in [4.78, 5) is 34.1. The summed E-state index contributed by atoms with van der Waals surface area (Å²) in [5.74, 6) is -2.22. The number of benzene rings is 1. The Labute approximate surface area is 96.6 Å². The molecule has 1 saturated heterocycles. The molecule has 1 fully saturated rings. The van der Waals surface area contributed by atoms with Gasteiger partial charge in [0.2, 0.25) is 11.8 Å². The summed E-state index contributed by atoms with van der Waals surface area (Å²) in [6.45, 7) is 0. The first-order valence-electron chi connectivity index (χ1n) is 4.71. The van der Waals surface area contributed by atoms with E-state index in [0.29, 0.717) is 10.6 Å². The molecule has 1 aromatic rings. The molecule has 1 N–H and O–H groups in total. The van der Waals surface area contributed by atoms with E-state index >= 15 is 0 Å². The van der Waals surface area contributed by atoms with E-state index in [4.69, 9.17) is 11.6 Å². The number of ketones is 1. The summed E-state index contributed by atoms with van der Waals surface area (Å²) in [6.07, 6.45) is -0.0792. The second kappa shape index (κ2) is 4.06. The molecule has 4 nitrogen and oxygen atoms in total. The second-order valence-electron chi connectivity index (χ2n) is 3.54. The van der Waals surface area contributed by atoms with E-state index in [1.165, 1.54) is 6.07 Å². The lowest BCUT2D eigenvalue weighted by molar-refractivity contribution is -0.125. The maximum atomic E-state index is 11.9. The highest BCUT2D eigenvalue weighted by molar-refractivity contribution is 6.31. The topological polar surface area (TPSA) is 63.2 Å². The number of nitrogens with one attached hydrogen (secondary N) is 1. The molecule has 2 rings (SSSR count). The first-order chi connectivity index (χ1) is 7.58. The molecule has 1 aromatic carbocycles. The average Bonchev–Trinajstić information content (AvgIpc) is 2.57. The number of amides is 2. The Bertz CT molecular complexity index is 484. The van der Waals surface area contributed by atoms with Gasteiger partial charge in [-0.2, -0.15) is 0 Å². The molecule has 0 saturated carbocycles. The molecule has 1 heterocycles. The maximum absolute atomic E-state index is 11.9. The van der Waals surface area contributed by atoms with Crippen LogP contribution in [0.4, 0.5) is 0 Å². The van der Waals surface area contributed by atoms with Crippen LogP contribution in [0.1, 0.15) is 16.8 Å². The molecule has 0 radical (unpaired) electrons. The minimum Gasteiger partial charge on any atom is -0.296 e. The van der Waals surface area contributed by atoms with E-state index in [-0.39, 0.29) is 12.2 Å². The van der Waals surface area contributed by atoms with Crippen LogP contribution in [0.15, 0.2) is 24.3 Å². The van der Waals surface area contributed by atoms with Gasteiger partial charge in [-0.3, -0.25) is 19.7 Å². The Morgan fingerprint density at radius 3 is 2.69 bits per heavy atom. The zero-order valence-corrected chi connectivity index (χ0v) is 8.95. The highest BCUT2D eigenvalue weighted by Crippen LogP contribution is 2.19. The van der Waals surface area contributed by atoms with Crippen molar-refractivity contribution in [2.45, 2.75) is 6.42 Å². The highest BCUT2D eigenvalue weighted by atomic mass is 35.5. The van der Waals surface area contributed by atoms with Crippen molar-refractivity contribution in [3.8, 4) is 0 Å². The van der Waals surface area contributed by atoms with Crippen molar-refractivity contribution in [1.29, 1.82) is 0 Å². The number of rotatable bonds is 2. The third-order valence-corrected chi connectivity index (χ3v) is 2.63. The van der Waals surface area contributed by atoms with Crippen LogP contribution in [0.25, 0.3) is 0 Å². The van der Waals surface area contributed by atoms with E-state index in [9.17, 15) is 14.4 Å². The number of hydrogen-bond acceptors (Lipinski definition) is 3. The zero-order chi connectivity index (χ0) is 11.7. The van der Waals surface area contributed by atoms with Crippen LogP contribution in [0, 0.1) is 5.92 Å². The van der Waals surface area contributed by atoms with Gasteiger partial charge in [0.25, 0.3) is 0 Å². The number of carbonyl (C=O) groups is 3. The highest BCUT2D eigenvalue weighted by Gasteiger charge is 2.36. The van der Waals surface area contributed by atoms with Crippen LogP contribution in [-0.4, -0.2) is 17.6 Å². The molecular formula is C11H8ClNO3. The summed E-state index contributed by atoms with van der Waals surface area (Å²) in [6, 6.07) is 6.33. The summed E-state index contributed by atoms with van der Waals surface area (Å²) >= 11 is 5.74. The van der Waals surface area contributed by atoms with Gasteiger partial charge in [0.05, 0.1) is 0 Å². The molecule has 5 heteroatoms. The molecular weight excluding hydrogens is 230 g/mol. The van der Waals surface area contributed by atoms with Gasteiger partial charge in [0.15, 0.2) is 5.78 Å². The molecule has 2 amide bonds. The van der Waals surface area contributed by atoms with Gasteiger partial charge in [0, 0.05) is 17.0 Å². The molecule has 0 spiro atoms. The van der Waals surface area contributed by atoms with Crippen molar-refractivity contribution >= 4 is 29.2 Å². The zero-order valence-electron chi connectivity index (χ0n) is 8.20. The van der Waals surface area contributed by atoms with Crippen LogP contribution in [0.5, 0.6) is 0 Å². The van der Waals surface area contributed by atoms with Crippen LogP contribution in [0.3, 0.4) is 0 Å². The monoisotopic (exact) mass is 237 g/mol. The quantitative estimate of drug-likeness (QED) is 0.477. The minimum atomic E-state index is -0.911. The van der Waals surface area contributed by atoms with Gasteiger partial charge in [-0.1, -0.05) is 23.7 Å². The van der Waals surface area contributed by atoms with Gasteiger partial charge in [-0.25, -0.2) is 0 Å². The Balaban J connectivity index is 2.26. The molecule has 1 unspecified atom stereocenters. The summed E-state index contributed by atoms with van der Waals surface area (Å²) in [5.41, 5.74) is 0.349. The molecule has 0 aliphatic carbocycles. The molecule has 82 valence electrons. The van der Waals surface area contributed by atoms with Crippen LogP contribution in [-0.2, 0) is 9.59 Å². The van der Waals surface area contributed by atoms with Gasteiger partial charge < -0.3 is 0 Å². The predicted molar refractivity (Wildman–Crippen MR) is 57.0 cm³/mol. The van der Waals surface area contributed by atoms with Gasteiger partial charge in [0.1, 0.15) is 5.92 Å². The van der Waals surface area contributed by atoms with Crippen molar-refractivity contribution in [3.05, 3.63) is 34.9 Å². The number of halogens is 1. The van der Waals surface area contributed by atoms with Crippen molar-refractivity contribution in [3.63, 3.8) is 0 Å². The minimum absolute atomic E-state index is 0.0792. The molecule has 1 atom stereocenters. The van der Waals surface area contributed by atoms with E-state index in [1.807, 2.05) is 0 Å². The average molecular weight is 238 g/mol. The Morgan fingerprint density at radius 2 is 2.12 bits per heavy atom. The van der Waals surface area contributed by atoms with Crippen molar-refractivity contribution < 1.29 is 14.4 Å². The smallest absolute Gasteiger partial charge is 0.238 e. The van der Waals surface area contributed by atoms with E-state index in [2.05, 4.69) is 5.32 Å². The fourth-order valence-electron chi connectivity index (χ4n) is 1.61. The Kier molecular flexibility index (Phi) is 2.75. The van der Waals surface area contributed by atoms with E-state index < -0.39 is 17.7 Å². The van der Waals surface area contributed by atoms with Crippen LogP contribution >= 0.6 is 11.6 Å². The second-order valence-corrected chi connectivity index (χ2v) is 3.98. The third kappa shape index (κ3) is 1.97. The maximum Gasteiger partial charge on any atom is 0.238 e. The fraction of sp³-hybridized carbons (Fsp3) is 0.182. The van der Waals surface area contributed by atoms with Crippen LogP contribution < -0.4 is 5.32 Å². The third-order valence-electron chi connectivity index (χ3n) is 2.39. The largest absolute Gasteiger partial charge is 0.296 e. The lowest BCUT2D eigenvalue weighted by atomic mass is 9.96. The molecule has 16 heavy (non-hydrogen) atoms. The Morgan fingerprint density at radius 1 is 1.38 bits per heavy atom. The molecule has 1 aliphatic heterocycles. The lowest BCUT2D eigenvalue weighted by Gasteiger charge is -2.04. The van der Waals surface area contributed by atoms with Crippen LogP contribution in [0.2, 0.25) is 5.02 Å². The standard InChI is InChI=1S/C11H8ClNO3/c12-7-3-1-2-6(4-7)10(15)8-5-9(14)13-11(8)16/h1-4,8H,5H2,(H,13,14,16). The van der Waals surface area contributed by atoms with Gasteiger partial charge in [-0.05, 0) is 12.1 Å². The van der Waals surface area contributed by atoms with Crippen molar-refractivity contribution in [2.75, 3.05) is 0 Å². The summed E-state index contributed by atoms with van der Waals surface area (Å²) in [7, 11) is 0.